The number of hydrogen-bond donors (Lipinski definition) is 2. The van der Waals surface area contributed by atoms with Crippen LogP contribution in [0, 0.1) is 5.82 Å². The van der Waals surface area contributed by atoms with Gasteiger partial charge < -0.3 is 10.1 Å². The number of nitrogens with zero attached hydrogens (tertiary/aromatic N) is 2. The summed E-state index contributed by atoms with van der Waals surface area (Å²) in [5, 5.41) is 8.73. The predicted molar refractivity (Wildman–Crippen MR) is 65.2 cm³/mol. The van der Waals surface area contributed by atoms with E-state index in [-0.39, 0.29) is 17.6 Å². The van der Waals surface area contributed by atoms with E-state index in [2.05, 4.69) is 20.5 Å². The van der Waals surface area contributed by atoms with Crippen LogP contribution in [-0.4, -0.2) is 28.2 Å². The van der Waals surface area contributed by atoms with Crippen LogP contribution >= 0.6 is 0 Å². The molecule has 1 aromatic carbocycles. The van der Waals surface area contributed by atoms with Gasteiger partial charge in [0.2, 0.25) is 5.82 Å². The van der Waals surface area contributed by atoms with Crippen LogP contribution in [0.15, 0.2) is 24.5 Å². The molecule has 2 rings (SSSR count). The Morgan fingerprint density at radius 2 is 2.32 bits per heavy atom. The van der Waals surface area contributed by atoms with Gasteiger partial charge in [0.25, 0.3) is 5.91 Å². The highest BCUT2D eigenvalue weighted by atomic mass is 19.1. The summed E-state index contributed by atoms with van der Waals surface area (Å²) in [6.07, 6.45) is 1.24. The third-order valence-electron chi connectivity index (χ3n) is 2.65. The van der Waals surface area contributed by atoms with Crippen molar-refractivity contribution >= 4 is 5.91 Å². The number of carbonyl (C=O) groups is 1. The average Bonchev–Trinajstić information content (AvgIpc) is 2.92. The number of ether oxygens (including phenoxy) is 1. The molecule has 1 unspecified atom stereocenters. The van der Waals surface area contributed by atoms with E-state index >= 15 is 0 Å². The van der Waals surface area contributed by atoms with Crippen molar-refractivity contribution in [3.8, 4) is 5.75 Å². The number of hydrogen-bond acceptors (Lipinski definition) is 4. The Bertz CT molecular complexity index is 571. The monoisotopic (exact) mass is 264 g/mol. The summed E-state index contributed by atoms with van der Waals surface area (Å²) >= 11 is 0. The summed E-state index contributed by atoms with van der Waals surface area (Å²) in [5.41, 5.74) is 0.631. The van der Waals surface area contributed by atoms with Gasteiger partial charge >= 0.3 is 0 Å². The lowest BCUT2D eigenvalue weighted by Gasteiger charge is -2.14. The summed E-state index contributed by atoms with van der Waals surface area (Å²) in [6, 6.07) is 4.16. The first kappa shape index (κ1) is 13.0. The van der Waals surface area contributed by atoms with Crippen molar-refractivity contribution in [1.29, 1.82) is 0 Å². The standard InChI is InChI=1S/C12H13FN4O2/c1-7(16-12(18)11-14-6-15-17-11)8-3-4-10(19-2)9(13)5-8/h3-7H,1-2H3,(H,16,18)(H,14,15,17). The smallest absolute Gasteiger partial charge is 0.289 e. The van der Waals surface area contributed by atoms with Gasteiger partial charge in [-0.25, -0.2) is 9.37 Å². The molecule has 0 bridgehead atoms. The number of halogens is 1. The molecule has 0 aliphatic carbocycles. The lowest BCUT2D eigenvalue weighted by atomic mass is 10.1. The number of amides is 1. The van der Waals surface area contributed by atoms with Gasteiger partial charge in [0.15, 0.2) is 11.6 Å². The predicted octanol–water partition coefficient (Wildman–Crippen LogP) is 1.44. The molecular weight excluding hydrogens is 251 g/mol. The van der Waals surface area contributed by atoms with Gasteiger partial charge in [-0.15, -0.1) is 0 Å². The summed E-state index contributed by atoms with van der Waals surface area (Å²) in [4.78, 5) is 15.5. The van der Waals surface area contributed by atoms with Crippen molar-refractivity contribution in [2.75, 3.05) is 7.11 Å². The number of methoxy groups -OCH3 is 1. The van der Waals surface area contributed by atoms with Gasteiger partial charge in [-0.05, 0) is 24.6 Å². The number of benzene rings is 1. The highest BCUT2D eigenvalue weighted by Crippen LogP contribution is 2.21. The Balaban J connectivity index is 2.09. The van der Waals surface area contributed by atoms with E-state index in [4.69, 9.17) is 4.74 Å². The number of H-pyrrole nitrogens is 1. The first-order valence-corrected chi connectivity index (χ1v) is 5.61. The summed E-state index contributed by atoms with van der Waals surface area (Å²) in [7, 11) is 1.40. The minimum absolute atomic E-state index is 0.112. The van der Waals surface area contributed by atoms with Crippen molar-refractivity contribution in [3.63, 3.8) is 0 Å². The second kappa shape index (κ2) is 5.47. The van der Waals surface area contributed by atoms with Gasteiger partial charge in [0, 0.05) is 0 Å². The Kier molecular flexibility index (Phi) is 3.74. The molecular formula is C12H13FN4O2. The van der Waals surface area contributed by atoms with Crippen LogP contribution in [0.2, 0.25) is 0 Å². The van der Waals surface area contributed by atoms with Crippen LogP contribution in [0.1, 0.15) is 29.1 Å². The highest BCUT2D eigenvalue weighted by molar-refractivity contribution is 5.90. The number of aromatic amines is 1. The lowest BCUT2D eigenvalue weighted by molar-refractivity contribution is 0.0929. The van der Waals surface area contributed by atoms with Crippen LogP contribution in [-0.2, 0) is 0 Å². The molecule has 0 fully saturated rings. The Morgan fingerprint density at radius 1 is 1.53 bits per heavy atom. The summed E-state index contributed by atoms with van der Waals surface area (Å²) < 4.78 is 18.4. The Morgan fingerprint density at radius 3 is 2.89 bits per heavy atom. The Labute approximate surface area is 109 Å². The molecule has 1 aromatic heterocycles. The first-order valence-electron chi connectivity index (χ1n) is 5.61. The molecule has 1 amide bonds. The van der Waals surface area contributed by atoms with Crippen LogP contribution < -0.4 is 10.1 Å². The molecule has 6 nitrogen and oxygen atoms in total. The van der Waals surface area contributed by atoms with Crippen molar-refractivity contribution in [1.82, 2.24) is 20.5 Å². The van der Waals surface area contributed by atoms with Crippen LogP contribution in [0.4, 0.5) is 4.39 Å². The minimum Gasteiger partial charge on any atom is -0.494 e. The third-order valence-corrected chi connectivity index (χ3v) is 2.65. The second-order valence-electron chi connectivity index (χ2n) is 3.92. The molecule has 0 aliphatic heterocycles. The van der Waals surface area contributed by atoms with Gasteiger partial charge in [0.05, 0.1) is 13.2 Å². The van der Waals surface area contributed by atoms with Crippen LogP contribution in [0.5, 0.6) is 5.75 Å². The molecule has 1 atom stereocenters. The fraction of sp³-hybridized carbons (Fsp3) is 0.250. The van der Waals surface area contributed by atoms with E-state index in [9.17, 15) is 9.18 Å². The fourth-order valence-corrected chi connectivity index (χ4v) is 1.62. The SMILES string of the molecule is COc1ccc(C(C)NC(=O)c2ncn[nH]2)cc1F. The summed E-state index contributed by atoms with van der Waals surface area (Å²) in [5.74, 6) is -0.597. The number of nitrogens with one attached hydrogen (secondary N) is 2. The van der Waals surface area contributed by atoms with E-state index in [1.807, 2.05) is 0 Å². The normalized spacial score (nSPS) is 11.9. The third kappa shape index (κ3) is 2.87. The first-order chi connectivity index (χ1) is 9.11. The quantitative estimate of drug-likeness (QED) is 0.875. The molecule has 0 radical (unpaired) electrons. The molecule has 0 spiro atoms. The zero-order chi connectivity index (χ0) is 13.8. The largest absolute Gasteiger partial charge is 0.494 e. The Hall–Kier alpha value is -2.44. The highest BCUT2D eigenvalue weighted by Gasteiger charge is 2.15. The number of carbonyl (C=O) groups excluding carboxylic acids is 1. The molecule has 7 heteroatoms. The van der Waals surface area contributed by atoms with E-state index < -0.39 is 11.7 Å². The lowest BCUT2D eigenvalue weighted by Crippen LogP contribution is -2.27. The van der Waals surface area contributed by atoms with Gasteiger partial charge in [-0.2, -0.15) is 5.10 Å². The molecule has 19 heavy (non-hydrogen) atoms. The van der Waals surface area contributed by atoms with Crippen molar-refractivity contribution in [2.45, 2.75) is 13.0 Å². The molecule has 2 N–H and O–H groups in total. The van der Waals surface area contributed by atoms with Crippen LogP contribution in [0.25, 0.3) is 0 Å². The van der Waals surface area contributed by atoms with Gasteiger partial charge in [-0.1, -0.05) is 6.07 Å². The van der Waals surface area contributed by atoms with E-state index in [0.29, 0.717) is 5.56 Å². The zero-order valence-corrected chi connectivity index (χ0v) is 10.5. The van der Waals surface area contributed by atoms with E-state index in [0.717, 1.165) is 0 Å². The maximum Gasteiger partial charge on any atom is 0.289 e. The summed E-state index contributed by atoms with van der Waals surface area (Å²) in [6.45, 7) is 1.75. The molecule has 0 aliphatic rings. The molecule has 2 aromatic rings. The van der Waals surface area contributed by atoms with Crippen LogP contribution in [0.3, 0.4) is 0 Å². The van der Waals surface area contributed by atoms with Gasteiger partial charge in [-0.3, -0.25) is 9.89 Å². The molecule has 0 saturated carbocycles. The molecule has 100 valence electrons. The minimum atomic E-state index is -0.472. The fourth-order valence-electron chi connectivity index (χ4n) is 1.62. The molecule has 0 saturated heterocycles. The van der Waals surface area contributed by atoms with E-state index in [1.165, 1.54) is 25.6 Å². The zero-order valence-electron chi connectivity index (χ0n) is 10.5. The van der Waals surface area contributed by atoms with Crippen molar-refractivity contribution in [3.05, 3.63) is 41.7 Å². The van der Waals surface area contributed by atoms with Crippen molar-refractivity contribution in [2.24, 2.45) is 0 Å². The maximum atomic E-state index is 13.6. The van der Waals surface area contributed by atoms with Gasteiger partial charge in [0.1, 0.15) is 6.33 Å². The van der Waals surface area contributed by atoms with E-state index in [1.54, 1.807) is 13.0 Å². The topological polar surface area (TPSA) is 79.9 Å². The maximum absolute atomic E-state index is 13.6. The number of aromatic nitrogens is 3. The number of rotatable bonds is 4. The van der Waals surface area contributed by atoms with Crippen molar-refractivity contribution < 1.29 is 13.9 Å². The molecule has 1 heterocycles. The second-order valence-corrected chi connectivity index (χ2v) is 3.92. The average molecular weight is 264 g/mol.